The quantitative estimate of drug-likeness (QED) is 0.685. The van der Waals surface area contributed by atoms with Crippen molar-refractivity contribution < 1.29 is 13.7 Å². The second kappa shape index (κ2) is 5.05. The van der Waals surface area contributed by atoms with Crippen molar-refractivity contribution in [2.45, 2.75) is 6.54 Å². The molecule has 2 aromatic rings. The van der Waals surface area contributed by atoms with Crippen molar-refractivity contribution in [1.29, 1.82) is 0 Å². The Morgan fingerprint density at radius 3 is 2.56 bits per heavy atom. The molecule has 0 amide bonds. The molecule has 8 heteroatoms. The number of rotatable bonds is 4. The number of thiazole rings is 1. The third-order valence-electron chi connectivity index (χ3n) is 2.14. The molecule has 0 fully saturated rings. The second-order valence-corrected chi connectivity index (χ2v) is 4.30. The van der Waals surface area contributed by atoms with E-state index < -0.39 is 27.9 Å². The van der Waals surface area contributed by atoms with E-state index in [4.69, 9.17) is 0 Å². The zero-order valence-corrected chi connectivity index (χ0v) is 9.71. The van der Waals surface area contributed by atoms with Crippen LogP contribution in [0.15, 0.2) is 23.7 Å². The van der Waals surface area contributed by atoms with Crippen molar-refractivity contribution >= 4 is 22.7 Å². The Bertz CT molecular complexity index is 552. The highest BCUT2D eigenvalue weighted by atomic mass is 32.1. The van der Waals surface area contributed by atoms with E-state index >= 15 is 0 Å². The standard InChI is InChI=1S/C10H7F2N3O2S/c11-7-3-6(15(16)17)4-8(12)10(7)14-5-9-13-1-2-18-9/h1-4,14H,5H2. The summed E-state index contributed by atoms with van der Waals surface area (Å²) in [7, 11) is 0. The summed E-state index contributed by atoms with van der Waals surface area (Å²) in [5, 5.41) is 15.3. The number of non-ortho nitro benzene ring substituents is 1. The molecule has 0 aliphatic heterocycles. The molecule has 0 saturated carbocycles. The van der Waals surface area contributed by atoms with Crippen LogP contribution in [0.25, 0.3) is 0 Å². The molecule has 0 radical (unpaired) electrons. The lowest BCUT2D eigenvalue weighted by Crippen LogP contribution is -2.04. The molecule has 2 rings (SSSR count). The smallest absolute Gasteiger partial charge is 0.275 e. The summed E-state index contributed by atoms with van der Waals surface area (Å²) >= 11 is 1.34. The normalized spacial score (nSPS) is 10.3. The van der Waals surface area contributed by atoms with Gasteiger partial charge in [0, 0.05) is 11.6 Å². The van der Waals surface area contributed by atoms with Gasteiger partial charge < -0.3 is 5.32 Å². The summed E-state index contributed by atoms with van der Waals surface area (Å²) in [6.45, 7) is 0.156. The maximum Gasteiger partial charge on any atom is 0.275 e. The van der Waals surface area contributed by atoms with Gasteiger partial charge in [-0.1, -0.05) is 0 Å². The van der Waals surface area contributed by atoms with Gasteiger partial charge in [-0.3, -0.25) is 10.1 Å². The van der Waals surface area contributed by atoms with Crippen LogP contribution >= 0.6 is 11.3 Å². The van der Waals surface area contributed by atoms with E-state index in [2.05, 4.69) is 10.3 Å². The topological polar surface area (TPSA) is 68.1 Å². The molecule has 5 nitrogen and oxygen atoms in total. The predicted molar refractivity (Wildman–Crippen MR) is 62.5 cm³/mol. The molecule has 1 aromatic carbocycles. The van der Waals surface area contributed by atoms with Crippen molar-refractivity contribution in [2.75, 3.05) is 5.32 Å². The van der Waals surface area contributed by atoms with Crippen LogP contribution in [0.1, 0.15) is 5.01 Å². The Morgan fingerprint density at radius 2 is 2.06 bits per heavy atom. The maximum atomic E-state index is 13.5. The van der Waals surface area contributed by atoms with Crippen molar-refractivity contribution in [1.82, 2.24) is 4.98 Å². The molecule has 0 bridgehead atoms. The van der Waals surface area contributed by atoms with Crippen LogP contribution < -0.4 is 5.32 Å². The maximum absolute atomic E-state index is 13.5. The van der Waals surface area contributed by atoms with Crippen LogP contribution in [-0.2, 0) is 6.54 Å². The van der Waals surface area contributed by atoms with E-state index in [1.165, 1.54) is 11.3 Å². The lowest BCUT2D eigenvalue weighted by atomic mass is 10.2. The number of hydrogen-bond donors (Lipinski definition) is 1. The molecule has 0 unspecified atom stereocenters. The van der Waals surface area contributed by atoms with Gasteiger partial charge in [-0.25, -0.2) is 13.8 Å². The van der Waals surface area contributed by atoms with Gasteiger partial charge in [0.1, 0.15) is 10.7 Å². The first kappa shape index (κ1) is 12.4. The van der Waals surface area contributed by atoms with Crippen LogP contribution in [0.4, 0.5) is 20.2 Å². The zero-order chi connectivity index (χ0) is 13.1. The second-order valence-electron chi connectivity index (χ2n) is 3.32. The molecule has 0 spiro atoms. The summed E-state index contributed by atoms with van der Waals surface area (Å²) < 4.78 is 27.0. The van der Waals surface area contributed by atoms with Gasteiger partial charge >= 0.3 is 0 Å². The SMILES string of the molecule is O=[N+]([O-])c1cc(F)c(NCc2nccs2)c(F)c1. The van der Waals surface area contributed by atoms with Crippen LogP contribution in [0.5, 0.6) is 0 Å². The number of nitrogens with zero attached hydrogens (tertiary/aromatic N) is 2. The summed E-state index contributed by atoms with van der Waals surface area (Å²) in [6, 6.07) is 1.35. The minimum Gasteiger partial charge on any atom is -0.374 e. The number of hydrogen-bond acceptors (Lipinski definition) is 5. The number of benzene rings is 1. The Morgan fingerprint density at radius 1 is 1.39 bits per heavy atom. The van der Waals surface area contributed by atoms with E-state index in [0.717, 1.165) is 0 Å². The molecule has 94 valence electrons. The average molecular weight is 271 g/mol. The first-order chi connectivity index (χ1) is 8.58. The van der Waals surface area contributed by atoms with Gasteiger partial charge in [0.25, 0.3) is 5.69 Å². The van der Waals surface area contributed by atoms with E-state index in [-0.39, 0.29) is 6.54 Å². The van der Waals surface area contributed by atoms with E-state index in [9.17, 15) is 18.9 Å². The molecule has 0 aliphatic carbocycles. The molecule has 1 N–H and O–H groups in total. The fourth-order valence-electron chi connectivity index (χ4n) is 1.34. The van der Waals surface area contributed by atoms with Gasteiger partial charge in [0.05, 0.1) is 23.6 Å². The number of nitrogens with one attached hydrogen (secondary N) is 1. The lowest BCUT2D eigenvalue weighted by Gasteiger charge is -2.06. The van der Waals surface area contributed by atoms with Crippen LogP contribution in [-0.4, -0.2) is 9.91 Å². The fourth-order valence-corrected chi connectivity index (χ4v) is 1.89. The Hall–Kier alpha value is -2.09. The third-order valence-corrected chi connectivity index (χ3v) is 2.92. The Balaban J connectivity index is 2.20. The van der Waals surface area contributed by atoms with Gasteiger partial charge in [-0.2, -0.15) is 0 Å². The molecule has 0 atom stereocenters. The highest BCUT2D eigenvalue weighted by Crippen LogP contribution is 2.25. The zero-order valence-electron chi connectivity index (χ0n) is 8.89. The first-order valence-electron chi connectivity index (χ1n) is 4.83. The van der Waals surface area contributed by atoms with E-state index in [1.807, 2.05) is 0 Å². The molecule has 0 saturated heterocycles. The molecule has 1 heterocycles. The molecule has 18 heavy (non-hydrogen) atoms. The van der Waals surface area contributed by atoms with Gasteiger partial charge in [0.15, 0.2) is 11.6 Å². The minimum atomic E-state index is -1.00. The number of nitro benzene ring substituents is 1. The van der Waals surface area contributed by atoms with Crippen LogP contribution in [0.3, 0.4) is 0 Å². The van der Waals surface area contributed by atoms with Crippen molar-refractivity contribution in [3.05, 3.63) is 50.5 Å². The van der Waals surface area contributed by atoms with E-state index in [0.29, 0.717) is 17.1 Å². The summed E-state index contributed by atoms with van der Waals surface area (Å²) in [4.78, 5) is 13.5. The largest absolute Gasteiger partial charge is 0.374 e. The molecular weight excluding hydrogens is 264 g/mol. The first-order valence-corrected chi connectivity index (χ1v) is 5.71. The highest BCUT2D eigenvalue weighted by molar-refractivity contribution is 7.09. The number of anilines is 1. The molecule has 1 aromatic heterocycles. The number of nitro groups is 1. The average Bonchev–Trinajstić information content (AvgIpc) is 2.80. The van der Waals surface area contributed by atoms with Gasteiger partial charge in [-0.15, -0.1) is 11.3 Å². The predicted octanol–water partition coefficient (Wildman–Crippen LogP) is 2.94. The van der Waals surface area contributed by atoms with Crippen molar-refractivity contribution in [3.8, 4) is 0 Å². The summed E-state index contributed by atoms with van der Waals surface area (Å²) in [6.07, 6.45) is 1.57. The molecule has 0 aliphatic rings. The Labute approximate surface area is 104 Å². The minimum absolute atomic E-state index is 0.156. The van der Waals surface area contributed by atoms with Gasteiger partial charge in [-0.05, 0) is 0 Å². The van der Waals surface area contributed by atoms with Crippen LogP contribution in [0, 0.1) is 21.7 Å². The van der Waals surface area contributed by atoms with Crippen LogP contribution in [0.2, 0.25) is 0 Å². The van der Waals surface area contributed by atoms with Crippen molar-refractivity contribution in [3.63, 3.8) is 0 Å². The molecular formula is C10H7F2N3O2S. The van der Waals surface area contributed by atoms with E-state index in [1.54, 1.807) is 11.6 Å². The Kier molecular flexibility index (Phi) is 3.47. The number of aromatic nitrogens is 1. The fraction of sp³-hybridized carbons (Fsp3) is 0.100. The summed E-state index contributed by atoms with van der Waals surface area (Å²) in [5.74, 6) is -2.00. The monoisotopic (exact) mass is 271 g/mol. The lowest BCUT2D eigenvalue weighted by molar-refractivity contribution is -0.385. The summed E-state index contributed by atoms with van der Waals surface area (Å²) in [5.41, 5.74) is -1.01. The van der Waals surface area contributed by atoms with Gasteiger partial charge in [0.2, 0.25) is 0 Å². The third kappa shape index (κ3) is 2.59. The highest BCUT2D eigenvalue weighted by Gasteiger charge is 2.16. The number of halogens is 2. The van der Waals surface area contributed by atoms with Crippen molar-refractivity contribution in [2.24, 2.45) is 0 Å².